The van der Waals surface area contributed by atoms with Crippen LogP contribution in [0.4, 0.5) is 5.95 Å². The molecule has 1 aliphatic carbocycles. The molecule has 3 heterocycles. The van der Waals surface area contributed by atoms with E-state index in [0.29, 0.717) is 6.04 Å². The van der Waals surface area contributed by atoms with Crippen molar-refractivity contribution < 1.29 is 0 Å². The Balaban J connectivity index is 1.70. The molecular weight excluding hydrogens is 314 g/mol. The molecule has 0 amide bonds. The van der Waals surface area contributed by atoms with Crippen LogP contribution in [0.25, 0.3) is 22.3 Å². The van der Waals surface area contributed by atoms with Crippen LogP contribution < -0.4 is 10.6 Å². The summed E-state index contributed by atoms with van der Waals surface area (Å²) in [6, 6.07) is 6.61. The van der Waals surface area contributed by atoms with Gasteiger partial charge in [-0.15, -0.1) is 0 Å². The van der Waals surface area contributed by atoms with Crippen LogP contribution in [0.15, 0.2) is 23.0 Å². The minimum atomic E-state index is -0.0878. The van der Waals surface area contributed by atoms with Gasteiger partial charge in [-0.2, -0.15) is 0 Å². The third-order valence-electron chi connectivity index (χ3n) is 5.68. The maximum absolute atomic E-state index is 11.9. The second kappa shape index (κ2) is 5.18. The summed E-state index contributed by atoms with van der Waals surface area (Å²) < 4.78 is 1.65. The van der Waals surface area contributed by atoms with Crippen LogP contribution in [0.1, 0.15) is 31.0 Å². The van der Waals surface area contributed by atoms with Crippen molar-refractivity contribution in [2.75, 3.05) is 11.4 Å². The maximum atomic E-state index is 11.9. The minimum absolute atomic E-state index is 0.0878. The number of benzene rings is 1. The van der Waals surface area contributed by atoms with Gasteiger partial charge in [-0.05, 0) is 44.7 Å². The zero-order valence-corrected chi connectivity index (χ0v) is 14.5. The van der Waals surface area contributed by atoms with Crippen LogP contribution >= 0.6 is 0 Å². The molecule has 2 aliphatic rings. The summed E-state index contributed by atoms with van der Waals surface area (Å²) in [6.45, 7) is 3.26. The number of hydrogen-bond donors (Lipinski definition) is 1. The molecule has 25 heavy (non-hydrogen) atoms. The number of aromatic amines is 1. The second-order valence-corrected chi connectivity index (χ2v) is 7.20. The van der Waals surface area contributed by atoms with Gasteiger partial charge in [0.05, 0.1) is 16.7 Å². The molecule has 128 valence electrons. The molecule has 0 saturated carbocycles. The van der Waals surface area contributed by atoms with Gasteiger partial charge in [-0.1, -0.05) is 6.07 Å². The van der Waals surface area contributed by atoms with E-state index in [1.807, 2.05) is 6.07 Å². The fourth-order valence-corrected chi connectivity index (χ4v) is 3.97. The van der Waals surface area contributed by atoms with Crippen LogP contribution in [-0.4, -0.2) is 32.1 Å². The molecule has 1 fully saturated rings. The highest BCUT2D eigenvalue weighted by Crippen LogP contribution is 2.34. The van der Waals surface area contributed by atoms with Crippen LogP contribution in [0.5, 0.6) is 0 Å². The Morgan fingerprint density at radius 3 is 2.88 bits per heavy atom. The molecule has 1 aromatic carbocycles. The first-order valence-corrected chi connectivity index (χ1v) is 8.97. The molecule has 1 aliphatic heterocycles. The lowest BCUT2D eigenvalue weighted by molar-refractivity contribution is 0.470. The van der Waals surface area contributed by atoms with Gasteiger partial charge >= 0.3 is 5.69 Å². The molecule has 0 radical (unpaired) electrons. The molecule has 1 atom stereocenters. The van der Waals surface area contributed by atoms with E-state index in [9.17, 15) is 4.79 Å². The summed E-state index contributed by atoms with van der Waals surface area (Å²) in [7, 11) is 1.79. The number of fused-ring (bicyclic) bond motifs is 2. The Morgan fingerprint density at radius 2 is 2.12 bits per heavy atom. The van der Waals surface area contributed by atoms with Crippen molar-refractivity contribution in [2.45, 2.75) is 38.6 Å². The monoisotopic (exact) mass is 335 g/mol. The van der Waals surface area contributed by atoms with Crippen LogP contribution in [0, 0.1) is 0 Å². The van der Waals surface area contributed by atoms with E-state index in [-0.39, 0.29) is 5.69 Å². The van der Waals surface area contributed by atoms with Crippen molar-refractivity contribution in [3.8, 4) is 11.3 Å². The van der Waals surface area contributed by atoms with E-state index in [4.69, 9.17) is 9.97 Å². The molecule has 0 unspecified atom stereocenters. The largest absolute Gasteiger partial charge is 0.338 e. The number of hydrogen-bond acceptors (Lipinski definition) is 4. The normalized spacial score (nSPS) is 19.3. The zero-order chi connectivity index (χ0) is 17.1. The Hall–Kier alpha value is -2.63. The van der Waals surface area contributed by atoms with Gasteiger partial charge in [0.25, 0.3) is 0 Å². The molecule has 0 bridgehead atoms. The third-order valence-corrected chi connectivity index (χ3v) is 5.68. The smallest absolute Gasteiger partial charge is 0.326 e. The molecule has 3 aromatic rings. The van der Waals surface area contributed by atoms with Gasteiger partial charge in [-0.25, -0.2) is 14.8 Å². The van der Waals surface area contributed by atoms with Gasteiger partial charge in [0.1, 0.15) is 0 Å². The molecule has 5 rings (SSSR count). The number of aryl methyl sites for hydroxylation is 2. The standard InChI is InChI=1S/C19H21N5O/c1-11-8-9-24(11)18-20-14-5-3-4-13(14)17(22-18)12-6-7-15-16(10-12)23(2)19(25)21-15/h6-7,10-11H,3-5,8-9H2,1-2H3,(H,21,25)/t11-/m0/s1. The number of nitrogens with zero attached hydrogens (tertiary/aromatic N) is 4. The van der Waals surface area contributed by atoms with E-state index in [0.717, 1.165) is 54.0 Å². The lowest BCUT2D eigenvalue weighted by Gasteiger charge is -2.39. The summed E-state index contributed by atoms with van der Waals surface area (Å²) in [5.74, 6) is 0.859. The van der Waals surface area contributed by atoms with Crippen LogP contribution in [0.2, 0.25) is 0 Å². The van der Waals surface area contributed by atoms with Gasteiger partial charge in [0.2, 0.25) is 5.95 Å². The summed E-state index contributed by atoms with van der Waals surface area (Å²) in [4.78, 5) is 26.8. The highest BCUT2D eigenvalue weighted by atomic mass is 16.1. The number of nitrogens with one attached hydrogen (secondary N) is 1. The first-order chi connectivity index (χ1) is 12.1. The SMILES string of the molecule is C[C@H]1CCN1c1nc2c(c(-c3ccc4[nH]c(=O)n(C)c4c3)n1)CCC2. The molecule has 1 N–H and O–H groups in total. The predicted molar refractivity (Wildman–Crippen MR) is 98.0 cm³/mol. The molecule has 2 aromatic heterocycles. The third kappa shape index (κ3) is 2.13. The van der Waals surface area contributed by atoms with E-state index < -0.39 is 0 Å². The molecular formula is C19H21N5O. The van der Waals surface area contributed by atoms with Crippen molar-refractivity contribution in [1.82, 2.24) is 19.5 Å². The topological polar surface area (TPSA) is 66.8 Å². The number of H-pyrrole nitrogens is 1. The van der Waals surface area contributed by atoms with E-state index in [2.05, 4.69) is 28.9 Å². The quantitative estimate of drug-likeness (QED) is 0.781. The summed E-state index contributed by atoms with van der Waals surface area (Å²) >= 11 is 0. The lowest BCUT2D eigenvalue weighted by atomic mass is 10.0. The Labute approximate surface area is 145 Å². The van der Waals surface area contributed by atoms with Crippen molar-refractivity contribution in [3.05, 3.63) is 39.9 Å². The second-order valence-electron chi connectivity index (χ2n) is 7.20. The fraction of sp³-hybridized carbons (Fsp3) is 0.421. The van der Waals surface area contributed by atoms with Gasteiger partial charge in [0, 0.05) is 36.5 Å². The number of imidazole rings is 1. The van der Waals surface area contributed by atoms with Crippen molar-refractivity contribution in [3.63, 3.8) is 0 Å². The average Bonchev–Trinajstić information content (AvgIpc) is 3.18. The van der Waals surface area contributed by atoms with Gasteiger partial charge in [-0.3, -0.25) is 4.57 Å². The Bertz CT molecular complexity index is 1050. The number of aromatic nitrogens is 4. The average molecular weight is 335 g/mol. The first-order valence-electron chi connectivity index (χ1n) is 8.97. The minimum Gasteiger partial charge on any atom is -0.338 e. The fourth-order valence-electron chi connectivity index (χ4n) is 3.97. The highest BCUT2D eigenvalue weighted by Gasteiger charge is 2.29. The maximum Gasteiger partial charge on any atom is 0.326 e. The van der Waals surface area contributed by atoms with Crippen molar-refractivity contribution >= 4 is 17.0 Å². The first kappa shape index (κ1) is 14.7. The Kier molecular flexibility index (Phi) is 3.04. The van der Waals surface area contributed by atoms with E-state index in [1.165, 1.54) is 17.7 Å². The molecule has 0 spiro atoms. The molecule has 1 saturated heterocycles. The summed E-state index contributed by atoms with van der Waals surface area (Å²) in [5.41, 5.74) is 6.25. The predicted octanol–water partition coefficient (Wildman–Crippen LogP) is 2.41. The zero-order valence-electron chi connectivity index (χ0n) is 14.5. The van der Waals surface area contributed by atoms with Crippen LogP contribution in [-0.2, 0) is 19.9 Å². The molecule has 6 nitrogen and oxygen atoms in total. The van der Waals surface area contributed by atoms with Gasteiger partial charge in [0.15, 0.2) is 0 Å². The highest BCUT2D eigenvalue weighted by molar-refractivity contribution is 5.82. The molecule has 6 heteroatoms. The van der Waals surface area contributed by atoms with Crippen molar-refractivity contribution in [2.24, 2.45) is 7.05 Å². The van der Waals surface area contributed by atoms with E-state index >= 15 is 0 Å². The number of anilines is 1. The van der Waals surface area contributed by atoms with E-state index in [1.54, 1.807) is 11.6 Å². The van der Waals surface area contributed by atoms with Gasteiger partial charge < -0.3 is 9.88 Å². The summed E-state index contributed by atoms with van der Waals surface area (Å²) in [5, 5.41) is 0. The lowest BCUT2D eigenvalue weighted by Crippen LogP contribution is -2.46. The Morgan fingerprint density at radius 1 is 1.24 bits per heavy atom. The van der Waals surface area contributed by atoms with Crippen molar-refractivity contribution in [1.29, 1.82) is 0 Å². The number of rotatable bonds is 2. The summed E-state index contributed by atoms with van der Waals surface area (Å²) in [6.07, 6.45) is 4.41. The van der Waals surface area contributed by atoms with Crippen LogP contribution in [0.3, 0.4) is 0 Å².